The molecule has 2 amide bonds. The highest BCUT2D eigenvalue weighted by Crippen LogP contribution is 2.27. The average molecular weight is 401 g/mol. The van der Waals surface area contributed by atoms with Crippen molar-refractivity contribution in [3.05, 3.63) is 62.8 Å². The van der Waals surface area contributed by atoms with E-state index in [1.165, 1.54) is 22.7 Å². The fourth-order valence-corrected chi connectivity index (χ4v) is 3.63. The quantitative estimate of drug-likeness (QED) is 0.676. The maximum absolute atomic E-state index is 12.4. The Hall–Kier alpha value is -2.58. The topological polar surface area (TPSA) is 84.0 Å². The van der Waals surface area contributed by atoms with Gasteiger partial charge in [-0.15, -0.1) is 21.5 Å². The van der Waals surface area contributed by atoms with Crippen molar-refractivity contribution >= 4 is 39.6 Å². The number of aromatic nitrogens is 2. The van der Waals surface area contributed by atoms with E-state index in [1.807, 2.05) is 23.6 Å². The number of thiophene rings is 1. The summed E-state index contributed by atoms with van der Waals surface area (Å²) in [6.45, 7) is 6.56. The molecule has 0 bridgehead atoms. The molecule has 1 aromatic carbocycles. The van der Waals surface area contributed by atoms with Crippen molar-refractivity contribution in [1.82, 2.24) is 15.5 Å². The highest BCUT2D eigenvalue weighted by molar-refractivity contribution is 7.15. The summed E-state index contributed by atoms with van der Waals surface area (Å²) in [5.41, 5.74) is 1.34. The number of rotatable bonds is 5. The van der Waals surface area contributed by atoms with Crippen molar-refractivity contribution < 1.29 is 9.59 Å². The van der Waals surface area contributed by atoms with Crippen molar-refractivity contribution in [1.29, 1.82) is 0 Å². The number of amides is 2. The van der Waals surface area contributed by atoms with Gasteiger partial charge in [-0.2, -0.15) is 0 Å². The largest absolute Gasteiger partial charge is 0.347 e. The maximum atomic E-state index is 12.4. The third-order valence-electron chi connectivity index (χ3n) is 3.70. The molecule has 2 aromatic heterocycles. The molecule has 0 atom stereocenters. The Morgan fingerprint density at radius 3 is 2.37 bits per heavy atom. The van der Waals surface area contributed by atoms with Crippen LogP contribution in [-0.2, 0) is 12.0 Å². The van der Waals surface area contributed by atoms with Crippen LogP contribution in [0, 0.1) is 0 Å². The molecule has 140 valence electrons. The van der Waals surface area contributed by atoms with Crippen molar-refractivity contribution in [2.24, 2.45) is 0 Å². The molecule has 3 aromatic rings. The van der Waals surface area contributed by atoms with Gasteiger partial charge in [-0.25, -0.2) is 0 Å². The lowest BCUT2D eigenvalue weighted by atomic mass is 9.98. The van der Waals surface area contributed by atoms with Crippen molar-refractivity contribution in [2.75, 3.05) is 5.32 Å². The first kappa shape index (κ1) is 19.2. The van der Waals surface area contributed by atoms with Gasteiger partial charge in [-0.1, -0.05) is 50.3 Å². The predicted molar refractivity (Wildman–Crippen MR) is 108 cm³/mol. The second-order valence-corrected chi connectivity index (χ2v) is 8.90. The summed E-state index contributed by atoms with van der Waals surface area (Å²) in [5.74, 6) is -0.335. The van der Waals surface area contributed by atoms with Gasteiger partial charge in [0, 0.05) is 17.5 Å². The third kappa shape index (κ3) is 4.99. The van der Waals surface area contributed by atoms with Gasteiger partial charge in [0.05, 0.1) is 4.88 Å². The number of carbonyl (C=O) groups excluding carboxylic acids is 2. The standard InChI is InChI=1S/C19H20N4O2S2/c1-19(2,3)17-22-23-18(27-17)21-15(24)13-8-6-12(7-9-13)11-20-16(25)14-5-4-10-26-14/h4-10H,11H2,1-3H3,(H,20,25)(H,21,23,24). The molecule has 2 heterocycles. The van der Waals surface area contributed by atoms with Crippen molar-refractivity contribution in [3.63, 3.8) is 0 Å². The molecule has 0 radical (unpaired) electrons. The summed E-state index contributed by atoms with van der Waals surface area (Å²) in [7, 11) is 0. The highest BCUT2D eigenvalue weighted by Gasteiger charge is 2.20. The molecule has 0 aliphatic rings. The van der Waals surface area contributed by atoms with E-state index in [1.54, 1.807) is 18.2 Å². The van der Waals surface area contributed by atoms with Crippen molar-refractivity contribution in [3.8, 4) is 0 Å². The van der Waals surface area contributed by atoms with Gasteiger partial charge in [0.2, 0.25) is 5.13 Å². The van der Waals surface area contributed by atoms with Gasteiger partial charge in [0.15, 0.2) is 0 Å². The van der Waals surface area contributed by atoms with Crippen molar-refractivity contribution in [2.45, 2.75) is 32.7 Å². The highest BCUT2D eigenvalue weighted by atomic mass is 32.1. The molecule has 2 N–H and O–H groups in total. The number of benzene rings is 1. The van der Waals surface area contributed by atoms with Crippen LogP contribution >= 0.6 is 22.7 Å². The molecule has 0 aliphatic heterocycles. The number of carbonyl (C=O) groups is 2. The van der Waals surface area contributed by atoms with Gasteiger partial charge in [0.25, 0.3) is 11.8 Å². The smallest absolute Gasteiger partial charge is 0.261 e. The Kier molecular flexibility index (Phi) is 5.67. The summed E-state index contributed by atoms with van der Waals surface area (Å²) in [6.07, 6.45) is 0. The molecule has 27 heavy (non-hydrogen) atoms. The maximum Gasteiger partial charge on any atom is 0.261 e. The van der Waals surface area contributed by atoms with Crippen LogP contribution in [0.15, 0.2) is 41.8 Å². The lowest BCUT2D eigenvalue weighted by Gasteiger charge is -2.12. The van der Waals surface area contributed by atoms with E-state index in [2.05, 4.69) is 41.6 Å². The second kappa shape index (κ2) is 7.98. The van der Waals surface area contributed by atoms with Crippen LogP contribution in [0.3, 0.4) is 0 Å². The van der Waals surface area contributed by atoms with Gasteiger partial charge >= 0.3 is 0 Å². The molecule has 8 heteroatoms. The zero-order chi connectivity index (χ0) is 19.4. The van der Waals surface area contributed by atoms with Crippen LogP contribution in [0.1, 0.15) is 51.4 Å². The van der Waals surface area contributed by atoms with Gasteiger partial charge in [-0.3, -0.25) is 14.9 Å². The number of hydrogen-bond donors (Lipinski definition) is 2. The first-order valence-electron chi connectivity index (χ1n) is 8.39. The molecular weight excluding hydrogens is 380 g/mol. The molecule has 0 fully saturated rings. The summed E-state index contributed by atoms with van der Waals surface area (Å²) >= 11 is 2.78. The molecule has 0 aliphatic carbocycles. The van der Waals surface area contributed by atoms with E-state index in [4.69, 9.17) is 0 Å². The van der Waals surface area contributed by atoms with Crippen LogP contribution in [0.2, 0.25) is 0 Å². The summed E-state index contributed by atoms with van der Waals surface area (Å²) in [6, 6.07) is 10.7. The van der Waals surface area contributed by atoms with Gasteiger partial charge < -0.3 is 5.32 Å². The predicted octanol–water partition coefficient (Wildman–Crippen LogP) is 4.08. The number of anilines is 1. The molecular formula is C19H20N4O2S2. The molecule has 3 rings (SSSR count). The molecule has 0 unspecified atom stereocenters. The number of nitrogens with zero attached hydrogens (tertiary/aromatic N) is 2. The summed E-state index contributed by atoms with van der Waals surface area (Å²) in [4.78, 5) is 25.0. The van der Waals surface area contributed by atoms with E-state index in [-0.39, 0.29) is 17.2 Å². The first-order valence-corrected chi connectivity index (χ1v) is 10.1. The fourth-order valence-electron chi connectivity index (χ4n) is 2.20. The minimum Gasteiger partial charge on any atom is -0.347 e. The van der Waals surface area contributed by atoms with Gasteiger partial charge in [-0.05, 0) is 29.1 Å². The summed E-state index contributed by atoms with van der Waals surface area (Å²) < 4.78 is 0. The van der Waals surface area contributed by atoms with Crippen LogP contribution in [0.5, 0.6) is 0 Å². The Bertz CT molecular complexity index is 926. The lowest BCUT2D eigenvalue weighted by molar-refractivity contribution is 0.0953. The van der Waals surface area contributed by atoms with E-state index < -0.39 is 0 Å². The van der Waals surface area contributed by atoms with Crippen LogP contribution in [0.25, 0.3) is 0 Å². The zero-order valence-corrected chi connectivity index (χ0v) is 16.9. The van der Waals surface area contributed by atoms with E-state index >= 15 is 0 Å². The van der Waals surface area contributed by atoms with E-state index in [0.29, 0.717) is 22.1 Å². The lowest BCUT2D eigenvalue weighted by Crippen LogP contribution is -2.21. The normalized spacial score (nSPS) is 11.2. The minimum absolute atomic E-state index is 0.0993. The minimum atomic E-state index is -0.235. The Balaban J connectivity index is 1.57. The molecule has 0 spiro atoms. The average Bonchev–Trinajstić information content (AvgIpc) is 3.31. The second-order valence-electron chi connectivity index (χ2n) is 6.97. The molecule has 0 saturated heterocycles. The number of hydrogen-bond acceptors (Lipinski definition) is 6. The first-order chi connectivity index (χ1) is 12.8. The monoisotopic (exact) mass is 400 g/mol. The molecule has 6 nitrogen and oxygen atoms in total. The Morgan fingerprint density at radius 2 is 1.78 bits per heavy atom. The zero-order valence-electron chi connectivity index (χ0n) is 15.3. The van der Waals surface area contributed by atoms with Crippen LogP contribution < -0.4 is 10.6 Å². The Labute approximate surface area is 165 Å². The SMILES string of the molecule is CC(C)(C)c1nnc(NC(=O)c2ccc(CNC(=O)c3cccs3)cc2)s1. The van der Waals surface area contributed by atoms with E-state index in [9.17, 15) is 9.59 Å². The summed E-state index contributed by atoms with van der Waals surface area (Å²) in [5, 5.41) is 17.0. The van der Waals surface area contributed by atoms with Crippen LogP contribution in [0.4, 0.5) is 5.13 Å². The third-order valence-corrected chi connectivity index (χ3v) is 5.83. The molecule has 0 saturated carbocycles. The van der Waals surface area contributed by atoms with Crippen LogP contribution in [-0.4, -0.2) is 22.0 Å². The van der Waals surface area contributed by atoms with E-state index in [0.717, 1.165) is 10.6 Å². The number of nitrogens with one attached hydrogen (secondary N) is 2. The fraction of sp³-hybridized carbons (Fsp3) is 0.263. The van der Waals surface area contributed by atoms with Gasteiger partial charge in [0.1, 0.15) is 5.01 Å². The Morgan fingerprint density at radius 1 is 1.04 bits per heavy atom.